The molecule has 0 aromatic heterocycles. The molecule has 0 saturated heterocycles. The van der Waals surface area contributed by atoms with Gasteiger partial charge in [-0.2, -0.15) is 0 Å². The molecule has 106 valence electrons. The van der Waals surface area contributed by atoms with Gasteiger partial charge in [0.25, 0.3) is 0 Å². The average molecular weight is 257 g/mol. The molecule has 1 aliphatic rings. The number of aliphatic hydroxyl groups is 1. The van der Waals surface area contributed by atoms with Crippen molar-refractivity contribution in [2.45, 2.75) is 58.0 Å². The number of rotatable bonds is 8. The summed E-state index contributed by atoms with van der Waals surface area (Å²) in [4.78, 5) is 11.9. The Kier molecular flexibility index (Phi) is 5.60. The molecular weight excluding hydrogens is 230 g/mol. The smallest absolute Gasteiger partial charge is 0.222 e. The van der Waals surface area contributed by atoms with Crippen LogP contribution in [0.15, 0.2) is 0 Å². The first-order valence-electron chi connectivity index (χ1n) is 6.98. The molecule has 1 saturated carbocycles. The predicted octanol–water partition coefficient (Wildman–Crippen LogP) is 1.86. The van der Waals surface area contributed by atoms with Crippen LogP contribution in [-0.4, -0.2) is 36.9 Å². The molecule has 1 rings (SSSR count). The third-order valence-corrected chi connectivity index (χ3v) is 4.68. The van der Waals surface area contributed by atoms with E-state index < -0.39 is 0 Å². The van der Waals surface area contributed by atoms with E-state index in [1.807, 2.05) is 0 Å². The third kappa shape index (κ3) is 3.45. The zero-order valence-electron chi connectivity index (χ0n) is 11.9. The first-order valence-corrected chi connectivity index (χ1v) is 6.98. The van der Waals surface area contributed by atoms with Gasteiger partial charge >= 0.3 is 0 Å². The average Bonchev–Trinajstić information content (AvgIpc) is 2.36. The molecule has 0 aliphatic heterocycles. The molecule has 4 nitrogen and oxygen atoms in total. The summed E-state index contributed by atoms with van der Waals surface area (Å²) in [6, 6.07) is 0. The molecule has 0 unspecified atom stereocenters. The van der Waals surface area contributed by atoms with Crippen LogP contribution in [0, 0.1) is 5.41 Å². The molecule has 0 radical (unpaired) electrons. The molecule has 0 bridgehead atoms. The third-order valence-electron chi connectivity index (χ3n) is 4.68. The van der Waals surface area contributed by atoms with Crippen LogP contribution in [0.1, 0.15) is 52.4 Å². The Bertz CT molecular complexity index is 256. The molecular formula is C14H27NO3. The van der Waals surface area contributed by atoms with E-state index in [2.05, 4.69) is 19.2 Å². The highest BCUT2D eigenvalue weighted by Crippen LogP contribution is 2.37. The standard InChI is InChI=1S/C14H27NO3/c1-4-13(5-2,11-16)10-15-12(17)9-14(18-3)7-6-8-14/h16H,4-11H2,1-3H3,(H,15,17). The number of hydrogen-bond donors (Lipinski definition) is 2. The van der Waals surface area contributed by atoms with Crippen molar-refractivity contribution in [3.05, 3.63) is 0 Å². The number of hydrogen-bond acceptors (Lipinski definition) is 3. The molecule has 0 aromatic rings. The number of aliphatic hydroxyl groups excluding tert-OH is 1. The summed E-state index contributed by atoms with van der Waals surface area (Å²) in [5.74, 6) is 0.0382. The summed E-state index contributed by atoms with van der Waals surface area (Å²) in [5, 5.41) is 12.4. The fraction of sp³-hybridized carbons (Fsp3) is 0.929. The molecule has 1 amide bonds. The van der Waals surface area contributed by atoms with Crippen LogP contribution in [-0.2, 0) is 9.53 Å². The number of nitrogens with one attached hydrogen (secondary N) is 1. The Morgan fingerprint density at radius 1 is 1.39 bits per heavy atom. The molecule has 0 aromatic carbocycles. The second-order valence-corrected chi connectivity index (χ2v) is 5.56. The van der Waals surface area contributed by atoms with Crippen LogP contribution in [0.3, 0.4) is 0 Å². The van der Waals surface area contributed by atoms with Crippen LogP contribution < -0.4 is 5.32 Å². The second kappa shape index (κ2) is 6.53. The zero-order valence-corrected chi connectivity index (χ0v) is 11.9. The minimum atomic E-state index is -0.218. The summed E-state index contributed by atoms with van der Waals surface area (Å²) in [6.45, 7) is 4.77. The summed E-state index contributed by atoms with van der Waals surface area (Å²) in [5.41, 5.74) is -0.389. The van der Waals surface area contributed by atoms with Crippen molar-refractivity contribution < 1.29 is 14.6 Å². The molecule has 1 fully saturated rings. The van der Waals surface area contributed by atoms with Crippen molar-refractivity contribution >= 4 is 5.91 Å². The van der Waals surface area contributed by atoms with E-state index in [0.717, 1.165) is 32.1 Å². The number of carbonyl (C=O) groups excluding carboxylic acids is 1. The molecule has 18 heavy (non-hydrogen) atoms. The van der Waals surface area contributed by atoms with Gasteiger partial charge < -0.3 is 15.2 Å². The predicted molar refractivity (Wildman–Crippen MR) is 71.3 cm³/mol. The molecule has 1 aliphatic carbocycles. The number of amides is 1. The van der Waals surface area contributed by atoms with Crippen molar-refractivity contribution in [3.63, 3.8) is 0 Å². The lowest BCUT2D eigenvalue weighted by molar-refractivity contribution is -0.134. The Morgan fingerprint density at radius 3 is 2.33 bits per heavy atom. The Morgan fingerprint density at radius 2 is 2.00 bits per heavy atom. The van der Waals surface area contributed by atoms with Crippen LogP contribution in [0.4, 0.5) is 0 Å². The Balaban J connectivity index is 2.40. The second-order valence-electron chi connectivity index (χ2n) is 5.56. The van der Waals surface area contributed by atoms with E-state index in [-0.39, 0.29) is 23.5 Å². The van der Waals surface area contributed by atoms with Gasteiger partial charge in [0.15, 0.2) is 0 Å². The first-order chi connectivity index (χ1) is 8.55. The largest absolute Gasteiger partial charge is 0.396 e. The first kappa shape index (κ1) is 15.4. The summed E-state index contributed by atoms with van der Waals surface area (Å²) in [6.07, 6.45) is 5.28. The van der Waals surface area contributed by atoms with Crippen LogP contribution >= 0.6 is 0 Å². The van der Waals surface area contributed by atoms with E-state index in [1.165, 1.54) is 0 Å². The monoisotopic (exact) mass is 257 g/mol. The molecule has 4 heteroatoms. The normalized spacial score (nSPS) is 18.2. The fourth-order valence-corrected chi connectivity index (χ4v) is 2.44. The topological polar surface area (TPSA) is 58.6 Å². The van der Waals surface area contributed by atoms with Gasteiger partial charge in [0.2, 0.25) is 5.91 Å². The highest BCUT2D eigenvalue weighted by atomic mass is 16.5. The van der Waals surface area contributed by atoms with Crippen LogP contribution in [0.25, 0.3) is 0 Å². The Labute approximate surface area is 110 Å². The van der Waals surface area contributed by atoms with Gasteiger partial charge in [-0.05, 0) is 32.1 Å². The van der Waals surface area contributed by atoms with Crippen LogP contribution in [0.5, 0.6) is 0 Å². The number of carbonyl (C=O) groups is 1. The molecule has 0 heterocycles. The quantitative estimate of drug-likeness (QED) is 0.698. The van der Waals surface area contributed by atoms with Crippen molar-refractivity contribution in [2.75, 3.05) is 20.3 Å². The molecule has 0 spiro atoms. The summed E-state index contributed by atoms with van der Waals surface area (Å²) >= 11 is 0. The molecule has 2 N–H and O–H groups in total. The van der Waals surface area contributed by atoms with Crippen molar-refractivity contribution in [3.8, 4) is 0 Å². The number of methoxy groups -OCH3 is 1. The highest BCUT2D eigenvalue weighted by molar-refractivity contribution is 5.77. The summed E-state index contributed by atoms with van der Waals surface area (Å²) < 4.78 is 5.45. The van der Waals surface area contributed by atoms with Gasteiger partial charge in [0, 0.05) is 19.1 Å². The minimum absolute atomic E-state index is 0.0382. The van der Waals surface area contributed by atoms with Gasteiger partial charge in [-0.15, -0.1) is 0 Å². The van der Waals surface area contributed by atoms with Gasteiger partial charge in [-0.1, -0.05) is 13.8 Å². The van der Waals surface area contributed by atoms with Crippen molar-refractivity contribution in [2.24, 2.45) is 5.41 Å². The Hall–Kier alpha value is -0.610. The fourth-order valence-electron chi connectivity index (χ4n) is 2.44. The maximum atomic E-state index is 11.9. The van der Waals surface area contributed by atoms with Gasteiger partial charge in [-0.25, -0.2) is 0 Å². The number of ether oxygens (including phenoxy) is 1. The molecule has 0 atom stereocenters. The zero-order chi connectivity index (χ0) is 13.6. The van der Waals surface area contributed by atoms with E-state index in [9.17, 15) is 9.90 Å². The van der Waals surface area contributed by atoms with Crippen molar-refractivity contribution in [1.29, 1.82) is 0 Å². The van der Waals surface area contributed by atoms with Gasteiger partial charge in [-0.3, -0.25) is 4.79 Å². The van der Waals surface area contributed by atoms with Gasteiger partial charge in [0.05, 0.1) is 18.6 Å². The van der Waals surface area contributed by atoms with E-state index in [0.29, 0.717) is 13.0 Å². The van der Waals surface area contributed by atoms with E-state index in [4.69, 9.17) is 4.74 Å². The van der Waals surface area contributed by atoms with Crippen LogP contribution in [0.2, 0.25) is 0 Å². The van der Waals surface area contributed by atoms with Gasteiger partial charge in [0.1, 0.15) is 0 Å². The lowest BCUT2D eigenvalue weighted by Crippen LogP contribution is -2.46. The SMILES string of the molecule is CCC(CC)(CO)CNC(=O)CC1(OC)CCC1. The van der Waals surface area contributed by atoms with Crippen molar-refractivity contribution in [1.82, 2.24) is 5.32 Å². The maximum absolute atomic E-state index is 11.9. The highest BCUT2D eigenvalue weighted by Gasteiger charge is 2.39. The minimum Gasteiger partial charge on any atom is -0.396 e. The summed E-state index contributed by atoms with van der Waals surface area (Å²) in [7, 11) is 1.68. The van der Waals surface area contributed by atoms with E-state index in [1.54, 1.807) is 7.11 Å². The van der Waals surface area contributed by atoms with E-state index >= 15 is 0 Å². The maximum Gasteiger partial charge on any atom is 0.222 e. The lowest BCUT2D eigenvalue weighted by atomic mass is 9.77. The lowest BCUT2D eigenvalue weighted by Gasteiger charge is -2.40.